The molecule has 3 amide bonds. The van der Waals surface area contributed by atoms with Gasteiger partial charge in [0, 0.05) is 43.6 Å². The molecule has 1 N–H and O–H groups in total. The summed E-state index contributed by atoms with van der Waals surface area (Å²) < 4.78 is 1.04. The molecular formula is C16H22BrN3O2. The Morgan fingerprint density at radius 3 is 2.50 bits per heavy atom. The van der Waals surface area contributed by atoms with E-state index in [0.29, 0.717) is 39.1 Å². The van der Waals surface area contributed by atoms with E-state index in [1.54, 1.807) is 4.90 Å². The molecule has 0 aliphatic carbocycles. The van der Waals surface area contributed by atoms with E-state index >= 15 is 0 Å². The summed E-state index contributed by atoms with van der Waals surface area (Å²) in [4.78, 5) is 27.6. The molecule has 0 bridgehead atoms. The van der Waals surface area contributed by atoms with Gasteiger partial charge < -0.3 is 15.1 Å². The van der Waals surface area contributed by atoms with Crippen LogP contribution in [0.25, 0.3) is 0 Å². The van der Waals surface area contributed by atoms with Crippen LogP contribution in [0.2, 0.25) is 0 Å². The minimum Gasteiger partial charge on any atom is -0.339 e. The van der Waals surface area contributed by atoms with Crippen molar-refractivity contribution >= 4 is 27.9 Å². The van der Waals surface area contributed by atoms with Crippen LogP contribution in [0.3, 0.4) is 0 Å². The van der Waals surface area contributed by atoms with Gasteiger partial charge in [-0.15, -0.1) is 0 Å². The summed E-state index contributed by atoms with van der Waals surface area (Å²) in [6.07, 6.45) is 1.26. The smallest absolute Gasteiger partial charge is 0.317 e. The van der Waals surface area contributed by atoms with E-state index in [9.17, 15) is 9.59 Å². The van der Waals surface area contributed by atoms with Gasteiger partial charge in [-0.2, -0.15) is 0 Å². The van der Waals surface area contributed by atoms with Crippen LogP contribution in [0.4, 0.5) is 4.79 Å². The molecule has 1 fully saturated rings. The molecule has 1 aromatic rings. The Morgan fingerprint density at radius 2 is 1.86 bits per heavy atom. The molecule has 0 radical (unpaired) electrons. The zero-order chi connectivity index (χ0) is 15.9. The van der Waals surface area contributed by atoms with Gasteiger partial charge in [-0.3, -0.25) is 4.79 Å². The maximum Gasteiger partial charge on any atom is 0.317 e. The van der Waals surface area contributed by atoms with E-state index in [0.717, 1.165) is 16.5 Å². The van der Waals surface area contributed by atoms with Gasteiger partial charge in [-0.25, -0.2) is 4.79 Å². The molecule has 0 atom stereocenters. The van der Waals surface area contributed by atoms with Crippen LogP contribution in [0.15, 0.2) is 28.7 Å². The van der Waals surface area contributed by atoms with Crippen molar-refractivity contribution in [2.24, 2.45) is 0 Å². The molecule has 1 aliphatic rings. The third-order valence-corrected chi connectivity index (χ3v) is 4.26. The molecule has 2 rings (SSSR count). The number of halogens is 1. The maximum absolute atomic E-state index is 12.3. The van der Waals surface area contributed by atoms with Crippen molar-refractivity contribution in [2.45, 2.75) is 19.8 Å². The number of amides is 3. The third kappa shape index (κ3) is 4.73. The zero-order valence-electron chi connectivity index (χ0n) is 12.8. The Morgan fingerprint density at radius 1 is 1.18 bits per heavy atom. The van der Waals surface area contributed by atoms with Gasteiger partial charge in [-0.05, 0) is 31.0 Å². The SMILES string of the molecule is CCNC(=O)N1CCN(C(=O)CCc2cccc(Br)c2)CC1. The Kier molecular flexibility index (Phi) is 6.24. The van der Waals surface area contributed by atoms with Gasteiger partial charge in [-0.1, -0.05) is 28.1 Å². The fourth-order valence-corrected chi connectivity index (χ4v) is 2.97. The van der Waals surface area contributed by atoms with Crippen LogP contribution in [0.1, 0.15) is 18.9 Å². The summed E-state index contributed by atoms with van der Waals surface area (Å²) in [5.41, 5.74) is 1.16. The van der Waals surface area contributed by atoms with E-state index in [2.05, 4.69) is 21.2 Å². The molecule has 0 unspecified atom stereocenters. The predicted molar refractivity (Wildman–Crippen MR) is 89.7 cm³/mol. The number of aryl methyl sites for hydroxylation is 1. The summed E-state index contributed by atoms with van der Waals surface area (Å²) in [7, 11) is 0. The van der Waals surface area contributed by atoms with Gasteiger partial charge in [0.2, 0.25) is 5.91 Å². The van der Waals surface area contributed by atoms with E-state index in [-0.39, 0.29) is 11.9 Å². The first-order valence-electron chi connectivity index (χ1n) is 7.65. The maximum atomic E-state index is 12.3. The second-order valence-corrected chi connectivity index (χ2v) is 6.25. The topological polar surface area (TPSA) is 52.7 Å². The number of hydrogen-bond acceptors (Lipinski definition) is 2. The van der Waals surface area contributed by atoms with Crippen LogP contribution in [0, 0.1) is 0 Å². The van der Waals surface area contributed by atoms with E-state index < -0.39 is 0 Å². The van der Waals surface area contributed by atoms with Gasteiger partial charge in [0.15, 0.2) is 0 Å². The van der Waals surface area contributed by atoms with Gasteiger partial charge in [0.25, 0.3) is 0 Å². The number of benzene rings is 1. The largest absolute Gasteiger partial charge is 0.339 e. The monoisotopic (exact) mass is 367 g/mol. The van der Waals surface area contributed by atoms with Gasteiger partial charge in [0.05, 0.1) is 0 Å². The molecular weight excluding hydrogens is 346 g/mol. The second-order valence-electron chi connectivity index (χ2n) is 5.33. The highest BCUT2D eigenvalue weighted by Gasteiger charge is 2.23. The van der Waals surface area contributed by atoms with Crippen molar-refractivity contribution in [2.75, 3.05) is 32.7 Å². The van der Waals surface area contributed by atoms with E-state index in [4.69, 9.17) is 0 Å². The molecule has 5 nitrogen and oxygen atoms in total. The zero-order valence-corrected chi connectivity index (χ0v) is 14.4. The summed E-state index contributed by atoms with van der Waals surface area (Å²) in [6, 6.07) is 8.00. The highest BCUT2D eigenvalue weighted by atomic mass is 79.9. The van der Waals surface area contributed by atoms with Crippen molar-refractivity contribution < 1.29 is 9.59 Å². The molecule has 0 saturated carbocycles. The molecule has 22 heavy (non-hydrogen) atoms. The molecule has 6 heteroatoms. The number of rotatable bonds is 4. The van der Waals surface area contributed by atoms with Crippen molar-refractivity contribution in [1.82, 2.24) is 15.1 Å². The number of nitrogens with one attached hydrogen (secondary N) is 1. The molecule has 1 saturated heterocycles. The highest BCUT2D eigenvalue weighted by molar-refractivity contribution is 9.10. The van der Waals surface area contributed by atoms with Gasteiger partial charge >= 0.3 is 6.03 Å². The lowest BCUT2D eigenvalue weighted by Crippen LogP contribution is -2.53. The number of urea groups is 1. The van der Waals surface area contributed by atoms with Crippen LogP contribution in [-0.2, 0) is 11.2 Å². The summed E-state index contributed by atoms with van der Waals surface area (Å²) in [6.45, 7) is 4.98. The quantitative estimate of drug-likeness (QED) is 0.887. The Bertz CT molecular complexity index is 528. The van der Waals surface area contributed by atoms with Gasteiger partial charge in [0.1, 0.15) is 0 Å². The Hall–Kier alpha value is -1.56. The lowest BCUT2D eigenvalue weighted by molar-refractivity contribution is -0.132. The van der Waals surface area contributed by atoms with E-state index in [1.807, 2.05) is 36.1 Å². The minimum atomic E-state index is -0.0382. The third-order valence-electron chi connectivity index (χ3n) is 3.76. The molecule has 120 valence electrons. The van der Waals surface area contributed by atoms with Crippen molar-refractivity contribution in [1.29, 1.82) is 0 Å². The predicted octanol–water partition coefficient (Wildman–Crippen LogP) is 2.26. The number of piperazine rings is 1. The van der Waals surface area contributed by atoms with Crippen LogP contribution in [-0.4, -0.2) is 54.5 Å². The lowest BCUT2D eigenvalue weighted by Gasteiger charge is -2.34. The number of carbonyl (C=O) groups is 2. The first kappa shape index (κ1) is 16.8. The van der Waals surface area contributed by atoms with Crippen LogP contribution >= 0.6 is 15.9 Å². The number of nitrogens with zero attached hydrogens (tertiary/aromatic N) is 2. The fraction of sp³-hybridized carbons (Fsp3) is 0.500. The van der Waals surface area contributed by atoms with Crippen LogP contribution in [0.5, 0.6) is 0 Å². The molecule has 0 spiro atoms. The number of hydrogen-bond donors (Lipinski definition) is 1. The molecule has 0 aromatic heterocycles. The summed E-state index contributed by atoms with van der Waals surface area (Å²) >= 11 is 3.44. The van der Waals surface area contributed by atoms with Crippen molar-refractivity contribution in [3.63, 3.8) is 0 Å². The Labute approximate surface area is 139 Å². The molecule has 1 aromatic carbocycles. The summed E-state index contributed by atoms with van der Waals surface area (Å²) in [5.74, 6) is 0.163. The van der Waals surface area contributed by atoms with Crippen molar-refractivity contribution in [3.05, 3.63) is 34.3 Å². The standard InChI is InChI=1S/C16H22BrN3O2/c1-2-18-16(22)20-10-8-19(9-11-20)15(21)7-6-13-4-3-5-14(17)12-13/h3-5,12H,2,6-11H2,1H3,(H,18,22). The normalized spacial score (nSPS) is 14.8. The minimum absolute atomic E-state index is 0.0382. The van der Waals surface area contributed by atoms with Crippen LogP contribution < -0.4 is 5.32 Å². The first-order valence-corrected chi connectivity index (χ1v) is 8.44. The summed E-state index contributed by atoms with van der Waals surface area (Å²) in [5, 5.41) is 2.79. The molecule has 1 aliphatic heterocycles. The second kappa shape index (κ2) is 8.17. The average molecular weight is 368 g/mol. The average Bonchev–Trinajstić information content (AvgIpc) is 2.53. The molecule has 1 heterocycles. The Balaban J connectivity index is 1.76. The van der Waals surface area contributed by atoms with Crippen molar-refractivity contribution in [3.8, 4) is 0 Å². The first-order chi connectivity index (χ1) is 10.6. The lowest BCUT2D eigenvalue weighted by atomic mass is 10.1. The number of carbonyl (C=O) groups excluding carboxylic acids is 2. The van der Waals surface area contributed by atoms with E-state index in [1.165, 1.54) is 0 Å². The fourth-order valence-electron chi connectivity index (χ4n) is 2.52. The highest BCUT2D eigenvalue weighted by Crippen LogP contribution is 2.14.